The van der Waals surface area contributed by atoms with E-state index in [4.69, 9.17) is 16.7 Å². The van der Waals surface area contributed by atoms with Crippen molar-refractivity contribution in [2.24, 2.45) is 0 Å². The van der Waals surface area contributed by atoms with Gasteiger partial charge in [0.2, 0.25) is 0 Å². The molecule has 0 saturated carbocycles. The second-order valence-electron chi connectivity index (χ2n) is 6.93. The number of aryl methyl sites for hydroxylation is 1. The maximum Gasteiger partial charge on any atom is 0.0935 e. The van der Waals surface area contributed by atoms with Gasteiger partial charge in [-0.1, -0.05) is 41.9 Å². The first-order chi connectivity index (χ1) is 14.2. The van der Waals surface area contributed by atoms with E-state index in [0.29, 0.717) is 5.02 Å². The van der Waals surface area contributed by atoms with Gasteiger partial charge in [-0.2, -0.15) is 5.10 Å². The Kier molecular flexibility index (Phi) is 4.34. The summed E-state index contributed by atoms with van der Waals surface area (Å²) in [5, 5.41) is 5.64. The highest BCUT2D eigenvalue weighted by atomic mass is 35.5. The van der Waals surface area contributed by atoms with E-state index in [2.05, 4.69) is 41.2 Å². The molecule has 0 N–H and O–H groups in total. The Hall–Kier alpha value is -3.50. The highest BCUT2D eigenvalue weighted by Crippen LogP contribution is 2.30. The summed E-state index contributed by atoms with van der Waals surface area (Å²) in [6.45, 7) is 2.08. The first-order valence-electron chi connectivity index (χ1n) is 9.31. The minimum atomic E-state index is 0.712. The third-order valence-electron chi connectivity index (χ3n) is 4.86. The van der Waals surface area contributed by atoms with Crippen LogP contribution in [0.2, 0.25) is 5.02 Å². The molecule has 5 rings (SSSR count). The molecule has 5 aromatic rings. The predicted octanol–water partition coefficient (Wildman–Crippen LogP) is 6.11. The second kappa shape index (κ2) is 7.15. The Morgan fingerprint density at radius 2 is 1.52 bits per heavy atom. The predicted molar refractivity (Wildman–Crippen MR) is 117 cm³/mol. The van der Waals surface area contributed by atoms with E-state index in [0.717, 1.165) is 39.2 Å². The molecule has 0 bridgehead atoms. The molecule has 2 heterocycles. The maximum absolute atomic E-state index is 6.10. The van der Waals surface area contributed by atoms with E-state index in [1.54, 1.807) is 12.4 Å². The topological polar surface area (TPSA) is 43.6 Å². The van der Waals surface area contributed by atoms with Crippen LogP contribution in [0.1, 0.15) is 5.56 Å². The molecule has 0 atom stereocenters. The second-order valence-corrected chi connectivity index (χ2v) is 7.37. The summed E-state index contributed by atoms with van der Waals surface area (Å²) in [5.74, 6) is 0. The third kappa shape index (κ3) is 3.39. The van der Waals surface area contributed by atoms with Crippen LogP contribution in [0.4, 0.5) is 0 Å². The Bertz CT molecular complexity index is 1320. The molecule has 4 nitrogen and oxygen atoms in total. The van der Waals surface area contributed by atoms with Crippen LogP contribution in [0.25, 0.3) is 39.2 Å². The van der Waals surface area contributed by atoms with Gasteiger partial charge in [0.1, 0.15) is 0 Å². The van der Waals surface area contributed by atoms with E-state index in [9.17, 15) is 0 Å². The highest BCUT2D eigenvalue weighted by molar-refractivity contribution is 6.30. The van der Waals surface area contributed by atoms with Crippen LogP contribution in [-0.4, -0.2) is 19.7 Å². The van der Waals surface area contributed by atoms with Crippen LogP contribution in [0.15, 0.2) is 85.2 Å². The summed E-state index contributed by atoms with van der Waals surface area (Å²) in [7, 11) is 0. The minimum absolute atomic E-state index is 0.712. The maximum atomic E-state index is 6.10. The zero-order valence-electron chi connectivity index (χ0n) is 15.7. The number of nitrogens with zero attached hydrogens (tertiary/aromatic N) is 4. The fourth-order valence-corrected chi connectivity index (χ4v) is 3.55. The van der Waals surface area contributed by atoms with Gasteiger partial charge < -0.3 is 0 Å². The number of benzene rings is 3. The Morgan fingerprint density at radius 3 is 2.31 bits per heavy atom. The molecule has 29 heavy (non-hydrogen) atoms. The van der Waals surface area contributed by atoms with E-state index >= 15 is 0 Å². The van der Waals surface area contributed by atoms with Crippen LogP contribution in [0.5, 0.6) is 0 Å². The van der Waals surface area contributed by atoms with Crippen molar-refractivity contribution in [3.8, 4) is 28.2 Å². The molecule has 0 aliphatic heterocycles. The van der Waals surface area contributed by atoms with Crippen molar-refractivity contribution >= 4 is 22.6 Å². The molecule has 0 amide bonds. The normalized spacial score (nSPS) is 11.1. The van der Waals surface area contributed by atoms with Crippen LogP contribution in [0, 0.1) is 6.92 Å². The number of aromatic nitrogens is 4. The molecule has 2 aromatic heterocycles. The van der Waals surface area contributed by atoms with Crippen molar-refractivity contribution in [3.63, 3.8) is 0 Å². The van der Waals surface area contributed by atoms with E-state index < -0.39 is 0 Å². The zero-order chi connectivity index (χ0) is 19.8. The van der Waals surface area contributed by atoms with E-state index in [1.165, 1.54) is 5.56 Å². The molecule has 0 saturated heterocycles. The van der Waals surface area contributed by atoms with Crippen LogP contribution in [0.3, 0.4) is 0 Å². The van der Waals surface area contributed by atoms with E-state index in [-0.39, 0.29) is 0 Å². The molecule has 3 aromatic carbocycles. The summed E-state index contributed by atoms with van der Waals surface area (Å²) < 4.78 is 1.98. The average molecular weight is 397 g/mol. The number of fused-ring (bicyclic) bond motifs is 1. The minimum Gasteiger partial charge on any atom is -0.253 e. The zero-order valence-corrected chi connectivity index (χ0v) is 16.5. The lowest BCUT2D eigenvalue weighted by molar-refractivity contribution is 0.890. The van der Waals surface area contributed by atoms with Crippen LogP contribution >= 0.6 is 11.6 Å². The van der Waals surface area contributed by atoms with Crippen molar-refractivity contribution in [1.82, 2.24) is 19.7 Å². The Morgan fingerprint density at radius 1 is 0.759 bits per heavy atom. The summed E-state index contributed by atoms with van der Waals surface area (Å²) in [5.41, 5.74) is 7.85. The van der Waals surface area contributed by atoms with Gasteiger partial charge in [0.25, 0.3) is 0 Å². The summed E-state index contributed by atoms with van der Waals surface area (Å²) in [6.07, 6.45) is 3.41. The van der Waals surface area contributed by atoms with Gasteiger partial charge in [-0.05, 0) is 55.0 Å². The third-order valence-corrected chi connectivity index (χ3v) is 5.11. The quantitative estimate of drug-likeness (QED) is 0.369. The molecule has 0 aliphatic carbocycles. The lowest BCUT2D eigenvalue weighted by Crippen LogP contribution is -1.99. The van der Waals surface area contributed by atoms with Gasteiger partial charge in [0, 0.05) is 28.5 Å². The van der Waals surface area contributed by atoms with Crippen LogP contribution < -0.4 is 0 Å². The molecule has 0 radical (unpaired) electrons. The lowest BCUT2D eigenvalue weighted by Gasteiger charge is -2.08. The monoisotopic (exact) mass is 396 g/mol. The SMILES string of the molecule is Cc1cccc(-n2nc(-c3ccc4nccnc4c3)cc2-c2ccc(Cl)cc2)c1. The molecular formula is C24H17ClN4. The van der Waals surface area contributed by atoms with Crippen molar-refractivity contribution in [1.29, 1.82) is 0 Å². The number of hydrogen-bond acceptors (Lipinski definition) is 3. The van der Waals surface area contributed by atoms with Crippen molar-refractivity contribution in [2.45, 2.75) is 6.92 Å². The lowest BCUT2D eigenvalue weighted by atomic mass is 10.1. The Balaban J connectivity index is 1.70. The fourth-order valence-electron chi connectivity index (χ4n) is 3.43. The molecule has 0 fully saturated rings. The van der Waals surface area contributed by atoms with E-state index in [1.807, 2.05) is 53.2 Å². The summed E-state index contributed by atoms with van der Waals surface area (Å²) in [4.78, 5) is 8.77. The first kappa shape index (κ1) is 17.6. The summed E-state index contributed by atoms with van der Waals surface area (Å²) >= 11 is 6.10. The van der Waals surface area contributed by atoms with Crippen molar-refractivity contribution in [3.05, 3.63) is 95.8 Å². The van der Waals surface area contributed by atoms with Crippen LogP contribution in [-0.2, 0) is 0 Å². The van der Waals surface area contributed by atoms with Gasteiger partial charge in [-0.15, -0.1) is 0 Å². The smallest absolute Gasteiger partial charge is 0.0935 e. The number of rotatable bonds is 3. The largest absolute Gasteiger partial charge is 0.253 e. The number of halogens is 1. The standard InChI is InChI=1S/C24H17ClN4/c1-16-3-2-4-20(13-16)29-24(17-5-8-19(25)9-6-17)15-22(28-29)18-7-10-21-23(14-18)27-12-11-26-21/h2-15H,1H3. The van der Waals surface area contributed by atoms with Gasteiger partial charge in [-0.3, -0.25) is 9.97 Å². The van der Waals surface area contributed by atoms with Gasteiger partial charge in [0.05, 0.1) is 28.1 Å². The molecular weight excluding hydrogens is 380 g/mol. The highest BCUT2D eigenvalue weighted by Gasteiger charge is 2.14. The first-order valence-corrected chi connectivity index (χ1v) is 9.69. The van der Waals surface area contributed by atoms with Gasteiger partial charge in [-0.25, -0.2) is 4.68 Å². The van der Waals surface area contributed by atoms with Gasteiger partial charge in [0.15, 0.2) is 0 Å². The fraction of sp³-hybridized carbons (Fsp3) is 0.0417. The van der Waals surface area contributed by atoms with Crippen molar-refractivity contribution < 1.29 is 0 Å². The molecule has 0 aliphatic rings. The van der Waals surface area contributed by atoms with Gasteiger partial charge >= 0.3 is 0 Å². The Labute approximate surface area is 173 Å². The molecule has 5 heteroatoms. The van der Waals surface area contributed by atoms with Crippen molar-refractivity contribution in [2.75, 3.05) is 0 Å². The number of hydrogen-bond donors (Lipinski definition) is 0. The molecule has 0 unspecified atom stereocenters. The molecule has 0 spiro atoms. The molecule has 140 valence electrons. The summed E-state index contributed by atoms with van der Waals surface area (Å²) in [6, 6.07) is 24.3. The average Bonchev–Trinajstić information content (AvgIpc) is 3.19.